The Kier molecular flexibility index (Phi) is 6.18. The number of carbonyl (C=O) groups excluding carboxylic acids is 2. The van der Waals surface area contributed by atoms with Gasteiger partial charge in [0.2, 0.25) is 5.95 Å². The van der Waals surface area contributed by atoms with Gasteiger partial charge < -0.3 is 15.4 Å². The van der Waals surface area contributed by atoms with E-state index in [2.05, 4.69) is 25.3 Å². The first kappa shape index (κ1) is 19.3. The molecule has 3 aromatic rings. The molecular weight excluding hydrogens is 380 g/mol. The van der Waals surface area contributed by atoms with Crippen LogP contribution < -0.4 is 10.6 Å². The van der Waals surface area contributed by atoms with Gasteiger partial charge in [-0.1, -0.05) is 23.7 Å². The van der Waals surface area contributed by atoms with E-state index in [1.54, 1.807) is 36.4 Å². The van der Waals surface area contributed by atoms with Crippen molar-refractivity contribution in [2.24, 2.45) is 0 Å². The van der Waals surface area contributed by atoms with Crippen LogP contribution in [0.3, 0.4) is 0 Å². The number of hydrogen-bond acceptors (Lipinski definition) is 6. The summed E-state index contributed by atoms with van der Waals surface area (Å²) in [6, 6.07) is 15.3. The number of nitrogens with one attached hydrogen (secondary N) is 2. The molecule has 1 aromatic heterocycles. The Balaban J connectivity index is 1.63. The summed E-state index contributed by atoms with van der Waals surface area (Å²) < 4.78 is 4.64. The summed E-state index contributed by atoms with van der Waals surface area (Å²) in [4.78, 5) is 32.2. The molecule has 0 fully saturated rings. The third kappa shape index (κ3) is 5.05. The number of halogens is 1. The number of nitrogens with zero attached hydrogens (tertiary/aromatic N) is 2. The van der Waals surface area contributed by atoms with Gasteiger partial charge in [-0.25, -0.2) is 14.8 Å². The molecule has 0 atom stereocenters. The summed E-state index contributed by atoms with van der Waals surface area (Å²) in [5.74, 6) is -0.489. The first-order chi connectivity index (χ1) is 13.5. The van der Waals surface area contributed by atoms with Gasteiger partial charge in [0.25, 0.3) is 5.91 Å². The molecule has 0 unspecified atom stereocenters. The maximum absolute atomic E-state index is 12.4. The van der Waals surface area contributed by atoms with E-state index in [9.17, 15) is 9.59 Å². The Bertz CT molecular complexity index is 976. The van der Waals surface area contributed by atoms with Crippen molar-refractivity contribution in [2.75, 3.05) is 17.7 Å². The molecule has 0 saturated heterocycles. The largest absolute Gasteiger partial charge is 0.465 e. The van der Waals surface area contributed by atoms with Gasteiger partial charge in [-0.2, -0.15) is 0 Å². The quantitative estimate of drug-likeness (QED) is 0.616. The van der Waals surface area contributed by atoms with Gasteiger partial charge in [0.05, 0.1) is 12.7 Å². The van der Waals surface area contributed by atoms with E-state index in [0.717, 1.165) is 5.56 Å². The molecule has 2 N–H and O–H groups in total. The van der Waals surface area contributed by atoms with Gasteiger partial charge in [0.15, 0.2) is 0 Å². The molecule has 7 nitrogen and oxygen atoms in total. The van der Waals surface area contributed by atoms with Gasteiger partial charge in [-0.15, -0.1) is 0 Å². The molecule has 1 heterocycles. The first-order valence-corrected chi connectivity index (χ1v) is 8.74. The van der Waals surface area contributed by atoms with Crippen LogP contribution in [0.15, 0.2) is 60.8 Å². The van der Waals surface area contributed by atoms with Crippen LogP contribution in [0.25, 0.3) is 0 Å². The Morgan fingerprint density at radius 3 is 2.43 bits per heavy atom. The number of rotatable bonds is 6. The van der Waals surface area contributed by atoms with E-state index >= 15 is 0 Å². The molecule has 0 bridgehead atoms. The van der Waals surface area contributed by atoms with E-state index in [-0.39, 0.29) is 11.6 Å². The Morgan fingerprint density at radius 2 is 1.75 bits per heavy atom. The topological polar surface area (TPSA) is 93.2 Å². The fourth-order valence-electron chi connectivity index (χ4n) is 2.36. The second kappa shape index (κ2) is 8.96. The normalized spacial score (nSPS) is 10.2. The molecule has 28 heavy (non-hydrogen) atoms. The minimum atomic E-state index is -0.440. The molecule has 0 aliphatic rings. The van der Waals surface area contributed by atoms with Gasteiger partial charge in [-0.3, -0.25) is 4.79 Å². The van der Waals surface area contributed by atoms with Crippen molar-refractivity contribution < 1.29 is 14.3 Å². The fraction of sp³-hybridized carbons (Fsp3) is 0.100. The number of carbonyl (C=O) groups is 2. The van der Waals surface area contributed by atoms with E-state index < -0.39 is 5.97 Å². The third-order valence-electron chi connectivity index (χ3n) is 3.82. The number of ether oxygens (including phenoxy) is 1. The standard InChI is InChI=1S/C20H17ClN4O3/c1-28-19(27)14-4-8-16(9-5-14)24-18(26)17-10-11-22-20(25-17)23-12-13-2-6-15(21)7-3-13/h2-11H,12H2,1H3,(H,24,26)(H,22,23,25). The fourth-order valence-corrected chi connectivity index (χ4v) is 2.48. The lowest BCUT2D eigenvalue weighted by Gasteiger charge is -2.08. The minimum Gasteiger partial charge on any atom is -0.465 e. The lowest BCUT2D eigenvalue weighted by atomic mass is 10.2. The molecule has 3 rings (SSSR count). The average molecular weight is 397 g/mol. The number of esters is 1. The number of aromatic nitrogens is 2. The van der Waals surface area contributed by atoms with Crippen molar-refractivity contribution in [1.82, 2.24) is 9.97 Å². The number of amides is 1. The highest BCUT2D eigenvalue weighted by Crippen LogP contribution is 2.13. The lowest BCUT2D eigenvalue weighted by molar-refractivity contribution is 0.0600. The molecule has 142 valence electrons. The SMILES string of the molecule is COC(=O)c1ccc(NC(=O)c2ccnc(NCc3ccc(Cl)cc3)n2)cc1. The van der Waals surface area contributed by atoms with Gasteiger partial charge in [-0.05, 0) is 48.0 Å². The third-order valence-corrected chi connectivity index (χ3v) is 4.07. The minimum absolute atomic E-state index is 0.214. The van der Waals surface area contributed by atoms with Crippen molar-refractivity contribution in [3.63, 3.8) is 0 Å². The molecule has 0 radical (unpaired) electrons. The zero-order chi connectivity index (χ0) is 19.9. The number of methoxy groups -OCH3 is 1. The number of hydrogen-bond donors (Lipinski definition) is 2. The van der Waals surface area contributed by atoms with Crippen molar-refractivity contribution in [3.8, 4) is 0 Å². The molecule has 0 aliphatic carbocycles. The van der Waals surface area contributed by atoms with Crippen LogP contribution in [-0.2, 0) is 11.3 Å². The van der Waals surface area contributed by atoms with Gasteiger partial charge in [0, 0.05) is 23.5 Å². The van der Waals surface area contributed by atoms with Crippen LogP contribution >= 0.6 is 11.6 Å². The first-order valence-electron chi connectivity index (χ1n) is 8.36. The summed E-state index contributed by atoms with van der Waals surface area (Å²) in [5, 5.41) is 6.46. The average Bonchev–Trinajstić information content (AvgIpc) is 2.73. The van der Waals surface area contributed by atoms with Crippen LogP contribution in [0.2, 0.25) is 5.02 Å². The number of benzene rings is 2. The zero-order valence-electron chi connectivity index (χ0n) is 15.0. The van der Waals surface area contributed by atoms with Crippen molar-refractivity contribution in [2.45, 2.75) is 6.54 Å². The van der Waals surface area contributed by atoms with Crippen molar-refractivity contribution >= 4 is 35.1 Å². The maximum atomic E-state index is 12.4. The predicted molar refractivity (Wildman–Crippen MR) is 107 cm³/mol. The molecule has 0 saturated carbocycles. The van der Waals surface area contributed by atoms with Gasteiger partial charge in [0.1, 0.15) is 5.69 Å². The van der Waals surface area contributed by atoms with E-state index in [0.29, 0.717) is 28.8 Å². The summed E-state index contributed by atoms with van der Waals surface area (Å²) in [6.07, 6.45) is 1.51. The van der Waals surface area contributed by atoms with Crippen LogP contribution in [0.4, 0.5) is 11.6 Å². The summed E-state index contributed by atoms with van der Waals surface area (Å²) in [6.45, 7) is 0.497. The van der Waals surface area contributed by atoms with E-state index in [4.69, 9.17) is 11.6 Å². The molecular formula is C20H17ClN4O3. The van der Waals surface area contributed by atoms with E-state index in [1.165, 1.54) is 19.4 Å². The summed E-state index contributed by atoms with van der Waals surface area (Å²) >= 11 is 5.87. The van der Waals surface area contributed by atoms with Crippen LogP contribution in [0.1, 0.15) is 26.4 Å². The molecule has 2 aromatic carbocycles. The van der Waals surface area contributed by atoms with Gasteiger partial charge >= 0.3 is 5.97 Å². The highest BCUT2D eigenvalue weighted by atomic mass is 35.5. The second-order valence-electron chi connectivity index (χ2n) is 5.77. The van der Waals surface area contributed by atoms with Crippen molar-refractivity contribution in [1.29, 1.82) is 0 Å². The zero-order valence-corrected chi connectivity index (χ0v) is 15.7. The van der Waals surface area contributed by atoms with E-state index in [1.807, 2.05) is 12.1 Å². The monoisotopic (exact) mass is 396 g/mol. The smallest absolute Gasteiger partial charge is 0.337 e. The summed E-state index contributed by atoms with van der Waals surface area (Å²) in [5.41, 5.74) is 2.15. The predicted octanol–water partition coefficient (Wildman–Crippen LogP) is 3.78. The molecule has 1 amide bonds. The van der Waals surface area contributed by atoms with Crippen molar-refractivity contribution in [3.05, 3.63) is 82.6 Å². The Hall–Kier alpha value is -3.45. The Labute approximate surface area is 166 Å². The Morgan fingerprint density at radius 1 is 1.04 bits per heavy atom. The number of anilines is 2. The van der Waals surface area contributed by atoms with Crippen LogP contribution in [-0.4, -0.2) is 29.0 Å². The highest BCUT2D eigenvalue weighted by molar-refractivity contribution is 6.30. The lowest BCUT2D eigenvalue weighted by Crippen LogP contribution is -2.15. The molecule has 0 aliphatic heterocycles. The second-order valence-corrected chi connectivity index (χ2v) is 6.20. The molecule has 0 spiro atoms. The van der Waals surface area contributed by atoms with Crippen LogP contribution in [0, 0.1) is 0 Å². The highest BCUT2D eigenvalue weighted by Gasteiger charge is 2.10. The molecule has 8 heteroatoms. The maximum Gasteiger partial charge on any atom is 0.337 e. The summed E-state index contributed by atoms with van der Waals surface area (Å²) in [7, 11) is 1.31. The van der Waals surface area contributed by atoms with Crippen LogP contribution in [0.5, 0.6) is 0 Å².